The van der Waals surface area contributed by atoms with Crippen LogP contribution < -0.4 is 4.90 Å². The van der Waals surface area contributed by atoms with Crippen molar-refractivity contribution in [1.29, 1.82) is 0 Å². The van der Waals surface area contributed by atoms with Gasteiger partial charge in [0.05, 0.1) is 5.69 Å². The molecule has 0 radical (unpaired) electrons. The van der Waals surface area contributed by atoms with Crippen LogP contribution in [0.2, 0.25) is 0 Å². The average molecular weight is 368 g/mol. The van der Waals surface area contributed by atoms with Gasteiger partial charge in [-0.05, 0) is 75.9 Å². The monoisotopic (exact) mass is 368 g/mol. The Bertz CT molecular complexity index is 833. The molecule has 1 aromatic heterocycles. The molecule has 27 heavy (non-hydrogen) atoms. The number of unbranched alkanes of at least 4 members (excludes halogenated alkanes) is 1. The molecule has 0 saturated heterocycles. The summed E-state index contributed by atoms with van der Waals surface area (Å²) in [5.74, 6) is 5.74. The molecule has 1 amide bonds. The van der Waals surface area contributed by atoms with E-state index in [0.717, 1.165) is 5.69 Å². The molecule has 4 nitrogen and oxygen atoms in total. The lowest BCUT2D eigenvalue weighted by Gasteiger charge is -2.28. The van der Waals surface area contributed by atoms with Gasteiger partial charge in [0.15, 0.2) is 0 Å². The second-order valence-electron chi connectivity index (χ2n) is 7.18. The first kappa shape index (κ1) is 20.4. The number of rotatable bonds is 4. The quantitative estimate of drug-likeness (QED) is 0.557. The van der Waals surface area contributed by atoms with Gasteiger partial charge in [-0.3, -0.25) is 4.90 Å². The highest BCUT2D eigenvalue weighted by Crippen LogP contribution is 2.23. The minimum atomic E-state index is -0.609. The van der Waals surface area contributed by atoms with Crippen LogP contribution in [-0.4, -0.2) is 23.2 Å². The summed E-state index contributed by atoms with van der Waals surface area (Å²) in [6.45, 7) is 7.66. The van der Waals surface area contributed by atoms with Crippen molar-refractivity contribution >= 4 is 11.8 Å². The Balaban J connectivity index is 2.08. The van der Waals surface area contributed by atoms with Crippen LogP contribution in [0, 0.1) is 24.6 Å². The standard InChI is InChI=1S/C22H25FN2O2/c1-17-16-18(23)12-13-20(17)25(21(26)27-22(2,3)4)15-9-5-6-10-19-11-7-8-14-24-19/h7-8,11-14,16H,5,9,15H2,1-4H3. The predicted octanol–water partition coefficient (Wildman–Crippen LogP) is 5.10. The SMILES string of the molecule is Cc1cc(F)ccc1N(CCCC#Cc1ccccn1)C(=O)OC(C)(C)C. The number of amides is 1. The fourth-order valence-corrected chi connectivity index (χ4v) is 2.46. The van der Waals surface area contributed by atoms with E-state index in [-0.39, 0.29) is 5.82 Å². The van der Waals surface area contributed by atoms with E-state index in [4.69, 9.17) is 4.74 Å². The van der Waals surface area contributed by atoms with Gasteiger partial charge in [0.25, 0.3) is 0 Å². The third-order valence-electron chi connectivity index (χ3n) is 3.63. The molecule has 0 aliphatic heterocycles. The summed E-state index contributed by atoms with van der Waals surface area (Å²) in [6, 6.07) is 9.94. The van der Waals surface area contributed by atoms with Crippen LogP contribution in [0.25, 0.3) is 0 Å². The number of pyridine rings is 1. The van der Waals surface area contributed by atoms with Gasteiger partial charge in [-0.15, -0.1) is 0 Å². The third-order valence-corrected chi connectivity index (χ3v) is 3.63. The maximum Gasteiger partial charge on any atom is 0.414 e. The second kappa shape index (κ2) is 9.18. The van der Waals surface area contributed by atoms with Crippen molar-refractivity contribution in [2.75, 3.05) is 11.4 Å². The van der Waals surface area contributed by atoms with Gasteiger partial charge in [0.2, 0.25) is 0 Å². The molecule has 0 aliphatic carbocycles. The molecule has 0 N–H and O–H groups in total. The molecule has 0 unspecified atom stereocenters. The Morgan fingerprint density at radius 3 is 2.67 bits per heavy atom. The van der Waals surface area contributed by atoms with E-state index in [1.54, 1.807) is 24.1 Å². The largest absolute Gasteiger partial charge is 0.443 e. The molecule has 0 aliphatic rings. The van der Waals surface area contributed by atoms with Crippen molar-refractivity contribution in [3.63, 3.8) is 0 Å². The number of anilines is 1. The first-order valence-electron chi connectivity index (χ1n) is 8.93. The number of nitrogens with zero attached hydrogens (tertiary/aromatic N) is 2. The molecule has 1 heterocycles. The molecule has 0 atom stereocenters. The van der Waals surface area contributed by atoms with Crippen molar-refractivity contribution in [3.05, 3.63) is 59.7 Å². The Hall–Kier alpha value is -2.87. The lowest BCUT2D eigenvalue weighted by atomic mass is 10.1. The Morgan fingerprint density at radius 2 is 2.04 bits per heavy atom. The number of hydrogen-bond donors (Lipinski definition) is 0. The highest BCUT2D eigenvalue weighted by atomic mass is 19.1. The average Bonchev–Trinajstić information content (AvgIpc) is 2.58. The van der Waals surface area contributed by atoms with Crippen molar-refractivity contribution in [2.24, 2.45) is 0 Å². The summed E-state index contributed by atoms with van der Waals surface area (Å²) in [5.41, 5.74) is 1.43. The summed E-state index contributed by atoms with van der Waals surface area (Å²) in [6.07, 6.45) is 2.52. The van der Waals surface area contributed by atoms with E-state index in [0.29, 0.717) is 30.6 Å². The lowest BCUT2D eigenvalue weighted by molar-refractivity contribution is 0.0580. The highest BCUT2D eigenvalue weighted by molar-refractivity contribution is 5.88. The van der Waals surface area contributed by atoms with Gasteiger partial charge in [-0.25, -0.2) is 14.2 Å². The Labute approximate surface area is 160 Å². The molecule has 0 spiro atoms. The van der Waals surface area contributed by atoms with Crippen LogP contribution in [0.15, 0.2) is 42.6 Å². The number of carbonyl (C=O) groups is 1. The summed E-state index contributed by atoms with van der Waals surface area (Å²) in [7, 11) is 0. The number of benzene rings is 1. The number of halogens is 1. The number of carbonyl (C=O) groups excluding carboxylic acids is 1. The zero-order valence-corrected chi connectivity index (χ0v) is 16.3. The van der Waals surface area contributed by atoms with Crippen molar-refractivity contribution in [3.8, 4) is 11.8 Å². The van der Waals surface area contributed by atoms with Crippen molar-refractivity contribution in [1.82, 2.24) is 4.98 Å². The second-order valence-corrected chi connectivity index (χ2v) is 7.18. The smallest absolute Gasteiger partial charge is 0.414 e. The van der Waals surface area contributed by atoms with Gasteiger partial charge in [0.1, 0.15) is 17.1 Å². The maximum absolute atomic E-state index is 13.4. The van der Waals surface area contributed by atoms with Crippen molar-refractivity contribution in [2.45, 2.75) is 46.1 Å². The number of aromatic nitrogens is 1. The Morgan fingerprint density at radius 1 is 1.26 bits per heavy atom. The number of ether oxygens (including phenoxy) is 1. The fraction of sp³-hybridized carbons (Fsp3) is 0.364. The molecule has 2 aromatic rings. The summed E-state index contributed by atoms with van der Waals surface area (Å²) in [5, 5.41) is 0. The van der Waals surface area contributed by atoms with Crippen LogP contribution in [0.5, 0.6) is 0 Å². The van der Waals surface area contributed by atoms with Crippen LogP contribution in [-0.2, 0) is 4.74 Å². The van der Waals surface area contributed by atoms with E-state index in [2.05, 4.69) is 16.8 Å². The highest BCUT2D eigenvalue weighted by Gasteiger charge is 2.24. The molecular weight excluding hydrogens is 343 g/mol. The van der Waals surface area contributed by atoms with Crippen LogP contribution in [0.3, 0.4) is 0 Å². The van der Waals surface area contributed by atoms with E-state index < -0.39 is 11.7 Å². The maximum atomic E-state index is 13.4. The van der Waals surface area contributed by atoms with Gasteiger partial charge < -0.3 is 4.74 Å². The van der Waals surface area contributed by atoms with E-state index in [1.165, 1.54) is 12.1 Å². The number of hydrogen-bond acceptors (Lipinski definition) is 3. The molecule has 0 bridgehead atoms. The Kier molecular flexibility index (Phi) is 6.95. The van der Waals surface area contributed by atoms with Crippen LogP contribution >= 0.6 is 0 Å². The molecule has 0 saturated carbocycles. The summed E-state index contributed by atoms with van der Waals surface area (Å²) < 4.78 is 19.0. The zero-order valence-electron chi connectivity index (χ0n) is 16.3. The van der Waals surface area contributed by atoms with E-state index in [9.17, 15) is 9.18 Å². The minimum Gasteiger partial charge on any atom is -0.443 e. The first-order valence-corrected chi connectivity index (χ1v) is 8.93. The topological polar surface area (TPSA) is 42.4 Å². The van der Waals surface area contributed by atoms with Gasteiger partial charge in [0, 0.05) is 19.2 Å². The first-order chi connectivity index (χ1) is 12.8. The fourth-order valence-electron chi connectivity index (χ4n) is 2.46. The lowest BCUT2D eigenvalue weighted by Crippen LogP contribution is -2.38. The van der Waals surface area contributed by atoms with E-state index in [1.807, 2.05) is 39.0 Å². The molecular formula is C22H25FN2O2. The summed E-state index contributed by atoms with van der Waals surface area (Å²) in [4.78, 5) is 18.3. The normalized spacial score (nSPS) is 10.7. The molecule has 0 fully saturated rings. The molecule has 5 heteroatoms. The summed E-state index contributed by atoms with van der Waals surface area (Å²) >= 11 is 0. The van der Waals surface area contributed by atoms with Crippen LogP contribution in [0.1, 0.15) is 44.9 Å². The molecule has 2 rings (SSSR count). The minimum absolute atomic E-state index is 0.332. The number of aryl methyl sites for hydroxylation is 1. The van der Waals surface area contributed by atoms with Gasteiger partial charge in [-0.1, -0.05) is 12.0 Å². The molecule has 1 aromatic carbocycles. The van der Waals surface area contributed by atoms with Crippen molar-refractivity contribution < 1.29 is 13.9 Å². The zero-order chi connectivity index (χ0) is 19.9. The molecule has 142 valence electrons. The van der Waals surface area contributed by atoms with E-state index >= 15 is 0 Å². The van der Waals surface area contributed by atoms with Gasteiger partial charge in [-0.2, -0.15) is 0 Å². The predicted molar refractivity (Wildman–Crippen MR) is 105 cm³/mol. The van der Waals surface area contributed by atoms with Gasteiger partial charge >= 0.3 is 6.09 Å². The third kappa shape index (κ3) is 6.74. The van der Waals surface area contributed by atoms with Crippen LogP contribution in [0.4, 0.5) is 14.9 Å².